The van der Waals surface area contributed by atoms with E-state index in [0.717, 1.165) is 135 Å². The minimum atomic E-state index is -0.110. The molecule has 21 heteroatoms. The maximum absolute atomic E-state index is 12.6. The van der Waals surface area contributed by atoms with Crippen LogP contribution >= 0.6 is 31.9 Å². The molecule has 0 saturated carbocycles. The number of aromatic nitrogens is 3. The van der Waals surface area contributed by atoms with Gasteiger partial charge in [0, 0.05) is 141 Å². The fourth-order valence-corrected chi connectivity index (χ4v) is 10.7. The van der Waals surface area contributed by atoms with E-state index in [2.05, 4.69) is 132 Å². The van der Waals surface area contributed by atoms with Gasteiger partial charge in [0.1, 0.15) is 13.1 Å². The first-order valence-electron chi connectivity index (χ1n) is 34.3. The summed E-state index contributed by atoms with van der Waals surface area (Å²) in [6.45, 7) is 4.56. The molecule has 8 rings (SSSR count). The van der Waals surface area contributed by atoms with Crippen LogP contribution in [0.5, 0.6) is 0 Å². The SMILES string of the molecule is CN(/N=C/c1cc[n+](CCCCCCNC(=O)c2ccc(C(=O)NCCCCCC[n+]3ccc(/C=N/N(C)c4ccccc4)cc3)cc2)cc1)c1ccccc1.CN(/N=C/c1ccncc1)c1ccccc1.O=C(NCCCCCCBr)c1ccc(C(=O)NCCCCCCBr)cc1.[Br-].[Br-]. The van der Waals surface area contributed by atoms with Gasteiger partial charge in [-0.15, -0.1) is 0 Å². The molecular weight excluding hydrogens is 1510 g/mol. The molecule has 0 unspecified atom stereocenters. The van der Waals surface area contributed by atoms with Crippen LogP contribution in [0.25, 0.3) is 0 Å². The third-order valence-corrected chi connectivity index (χ3v) is 17.0. The van der Waals surface area contributed by atoms with Crippen molar-refractivity contribution in [3.05, 3.63) is 252 Å². The standard InChI is InChI=1S/C46H54N8O2.C20H30Br2N2O2.C13H13N3.2BrH/c1-51(43-17-9-7-10-18-43)49-37-39-25-33-53(34-26-39)31-15-5-3-13-29-47-45(55)41-21-23-42(24-22-41)46(56)48-30-14-4-6-16-32-54-35-27-40(28-36-54)38-50-52(2)44-19-11-8-12-20-44;21-13-5-1-3-7-15-23-19(25)17-9-11-18(12-10-17)20(26)24-16-8-4-2-6-14-22;1-16(13-5-3-2-4-6-13)15-11-12-7-9-14-10-8-12;;/h7-12,17-28,33-38H,3-6,13-16,29-32H2,1-2H3;9-12H,1-8,13-16H2,(H,23,25)(H,24,26);2-11H,1H3;2*1H/b;;15-11+;;. The normalized spacial score (nSPS) is 10.7. The molecule has 0 bridgehead atoms. The molecule has 0 saturated heterocycles. The van der Waals surface area contributed by atoms with Gasteiger partial charge in [0.25, 0.3) is 23.6 Å². The largest absolute Gasteiger partial charge is 1.00 e. The predicted molar refractivity (Wildman–Crippen MR) is 409 cm³/mol. The number of rotatable bonds is 39. The molecule has 0 aliphatic heterocycles. The Labute approximate surface area is 631 Å². The van der Waals surface area contributed by atoms with E-state index >= 15 is 0 Å². The third kappa shape index (κ3) is 34.7. The Morgan fingerprint density at radius 1 is 0.350 bits per heavy atom. The van der Waals surface area contributed by atoms with Gasteiger partial charge in [-0.1, -0.05) is 125 Å². The molecule has 5 aromatic carbocycles. The number of hydrazone groups is 3. The lowest BCUT2D eigenvalue weighted by atomic mass is 10.1. The molecule has 0 atom stereocenters. The molecule has 3 aromatic heterocycles. The molecule has 17 nitrogen and oxygen atoms in total. The van der Waals surface area contributed by atoms with E-state index in [9.17, 15) is 19.2 Å². The number of aryl methyl sites for hydroxylation is 2. The summed E-state index contributed by atoms with van der Waals surface area (Å²) in [5, 5.41) is 32.9. The van der Waals surface area contributed by atoms with Crippen LogP contribution < -0.4 is 79.4 Å². The van der Waals surface area contributed by atoms with Crippen molar-refractivity contribution in [1.82, 2.24) is 26.3 Å². The zero-order valence-electron chi connectivity index (χ0n) is 58.1. The highest BCUT2D eigenvalue weighted by Crippen LogP contribution is 2.15. The number of halogens is 4. The van der Waals surface area contributed by atoms with Gasteiger partial charge in [-0.2, -0.15) is 15.3 Å². The first-order chi connectivity index (χ1) is 48.0. The fourth-order valence-electron chi connectivity index (χ4n) is 9.90. The smallest absolute Gasteiger partial charge is 0.251 e. The van der Waals surface area contributed by atoms with Gasteiger partial charge in [-0.05, 0) is 154 Å². The first kappa shape index (κ1) is 84.2. The third-order valence-electron chi connectivity index (χ3n) is 15.8. The van der Waals surface area contributed by atoms with Crippen LogP contribution in [0.15, 0.2) is 228 Å². The van der Waals surface area contributed by atoms with Crippen LogP contribution in [-0.2, 0) is 13.1 Å². The van der Waals surface area contributed by atoms with Crippen molar-refractivity contribution < 1.29 is 62.3 Å². The van der Waals surface area contributed by atoms with E-state index in [0.29, 0.717) is 48.4 Å². The second-order valence-corrected chi connectivity index (χ2v) is 25.1. The lowest BCUT2D eigenvalue weighted by Gasteiger charge is -2.11. The van der Waals surface area contributed by atoms with Crippen LogP contribution in [0.4, 0.5) is 17.1 Å². The van der Waals surface area contributed by atoms with Gasteiger partial charge in [0.15, 0.2) is 24.8 Å². The van der Waals surface area contributed by atoms with Crippen molar-refractivity contribution in [2.45, 2.75) is 116 Å². The van der Waals surface area contributed by atoms with Crippen LogP contribution in [-0.4, -0.2) is 105 Å². The van der Waals surface area contributed by atoms with E-state index in [1.165, 1.54) is 25.7 Å². The quantitative estimate of drug-likeness (QED) is 0.00969. The van der Waals surface area contributed by atoms with Gasteiger partial charge < -0.3 is 55.2 Å². The van der Waals surface area contributed by atoms with Crippen molar-refractivity contribution in [2.24, 2.45) is 15.3 Å². The molecule has 0 spiro atoms. The summed E-state index contributed by atoms with van der Waals surface area (Å²) in [6, 6.07) is 56.0. The van der Waals surface area contributed by atoms with E-state index in [4.69, 9.17) is 0 Å². The van der Waals surface area contributed by atoms with E-state index in [1.807, 2.05) is 158 Å². The van der Waals surface area contributed by atoms with Crippen LogP contribution in [0.2, 0.25) is 0 Å². The minimum absolute atomic E-state index is 0. The first-order valence-corrected chi connectivity index (χ1v) is 36.5. The lowest BCUT2D eigenvalue weighted by Crippen LogP contribution is -3.00. The van der Waals surface area contributed by atoms with Gasteiger partial charge >= 0.3 is 0 Å². The maximum atomic E-state index is 12.6. The Morgan fingerprint density at radius 2 is 0.600 bits per heavy atom. The molecule has 4 N–H and O–H groups in total. The van der Waals surface area contributed by atoms with Crippen LogP contribution in [0, 0.1) is 0 Å². The number of unbranched alkanes of at least 4 members (excludes halogenated alkanes) is 12. The Kier molecular flexibility index (Phi) is 43.6. The van der Waals surface area contributed by atoms with Crippen molar-refractivity contribution in [3.63, 3.8) is 0 Å². The molecule has 0 fully saturated rings. The molecule has 0 radical (unpaired) electrons. The molecule has 100 heavy (non-hydrogen) atoms. The number of nitrogens with zero attached hydrogens (tertiary/aromatic N) is 9. The van der Waals surface area contributed by atoms with Gasteiger partial charge in [0.05, 0.1) is 35.7 Å². The molecule has 532 valence electrons. The predicted octanol–water partition coefficient (Wildman–Crippen LogP) is 8.80. The Hall–Kier alpha value is -8.24. The average molecular weight is 1610 g/mol. The highest BCUT2D eigenvalue weighted by Gasteiger charge is 2.12. The molecule has 0 aliphatic carbocycles. The van der Waals surface area contributed by atoms with Crippen molar-refractivity contribution in [2.75, 3.05) is 73.0 Å². The number of pyridine rings is 3. The van der Waals surface area contributed by atoms with Gasteiger partial charge in [-0.25, -0.2) is 9.13 Å². The average Bonchev–Trinajstić information content (AvgIpc) is 0.900. The number of hydrogen-bond acceptors (Lipinski definition) is 11. The van der Waals surface area contributed by atoms with Gasteiger partial charge in [0.2, 0.25) is 0 Å². The van der Waals surface area contributed by atoms with Crippen molar-refractivity contribution in [1.29, 1.82) is 0 Å². The summed E-state index contributed by atoms with van der Waals surface area (Å²) in [5.41, 5.74) is 8.62. The minimum Gasteiger partial charge on any atom is -1.00 e. The lowest BCUT2D eigenvalue weighted by molar-refractivity contribution is -0.697. The second-order valence-electron chi connectivity index (χ2n) is 23.5. The highest BCUT2D eigenvalue weighted by molar-refractivity contribution is 9.09. The molecule has 8 aromatic rings. The monoisotopic (exact) mass is 1610 g/mol. The van der Waals surface area contributed by atoms with E-state index < -0.39 is 0 Å². The molecular formula is C79H99Br4N13O4. The number of anilines is 3. The highest BCUT2D eigenvalue weighted by atomic mass is 79.9. The number of nitrogens with one attached hydrogen (secondary N) is 4. The van der Waals surface area contributed by atoms with Gasteiger partial charge in [-0.3, -0.25) is 39.2 Å². The fraction of sp³-hybridized carbons (Fsp3) is 0.342. The van der Waals surface area contributed by atoms with Crippen molar-refractivity contribution >= 4 is 91.2 Å². The number of carbonyl (C=O) groups is 4. The zero-order valence-corrected chi connectivity index (χ0v) is 64.4. The van der Waals surface area contributed by atoms with E-state index in [-0.39, 0.29) is 57.6 Å². The number of alkyl halides is 2. The summed E-state index contributed by atoms with van der Waals surface area (Å²) in [4.78, 5) is 53.4. The number of benzene rings is 5. The second kappa shape index (κ2) is 51.8. The molecule has 0 aliphatic rings. The topological polar surface area (TPSA) is 184 Å². The number of para-hydroxylation sites is 3. The number of hydrogen-bond donors (Lipinski definition) is 4. The van der Waals surface area contributed by atoms with E-state index in [1.54, 1.807) is 60.9 Å². The summed E-state index contributed by atoms with van der Waals surface area (Å²) in [5.74, 6) is -0.380. The summed E-state index contributed by atoms with van der Waals surface area (Å²) < 4.78 is 4.38. The maximum Gasteiger partial charge on any atom is 0.251 e. The summed E-state index contributed by atoms with van der Waals surface area (Å²) in [6.07, 6.45) is 34.7. The zero-order chi connectivity index (χ0) is 69.5. The van der Waals surface area contributed by atoms with Crippen LogP contribution in [0.1, 0.15) is 161 Å². The molecule has 4 amide bonds. The summed E-state index contributed by atoms with van der Waals surface area (Å²) in [7, 11) is 5.81. The number of carbonyl (C=O) groups excluding carboxylic acids is 4. The molecule has 3 heterocycles. The number of amides is 4. The Morgan fingerprint density at radius 3 is 0.870 bits per heavy atom. The Bertz CT molecular complexity index is 3390. The van der Waals surface area contributed by atoms with Crippen molar-refractivity contribution in [3.8, 4) is 0 Å². The van der Waals surface area contributed by atoms with Crippen LogP contribution in [0.3, 0.4) is 0 Å². The Balaban J connectivity index is 0.000000395. The summed E-state index contributed by atoms with van der Waals surface area (Å²) >= 11 is 6.83.